The molecule has 0 fully saturated rings. The van der Waals surface area contributed by atoms with Crippen molar-refractivity contribution in [2.45, 2.75) is 13.5 Å². The summed E-state index contributed by atoms with van der Waals surface area (Å²) in [6.07, 6.45) is 3.43. The van der Waals surface area contributed by atoms with Crippen LogP contribution in [-0.2, 0) is 6.54 Å². The van der Waals surface area contributed by atoms with Gasteiger partial charge >= 0.3 is 0 Å². The molecule has 0 aliphatic heterocycles. The first kappa shape index (κ1) is 19.6. The molecule has 0 aliphatic rings. The highest BCUT2D eigenvalue weighted by molar-refractivity contribution is 7.09. The van der Waals surface area contributed by atoms with Crippen molar-refractivity contribution in [1.29, 1.82) is 0 Å². The molecule has 0 spiro atoms. The van der Waals surface area contributed by atoms with Crippen LogP contribution in [0.25, 0.3) is 22.5 Å². The van der Waals surface area contributed by atoms with Crippen molar-refractivity contribution in [3.63, 3.8) is 0 Å². The van der Waals surface area contributed by atoms with E-state index in [0.29, 0.717) is 32.6 Å². The first-order valence-electron chi connectivity index (χ1n) is 8.58. The first-order chi connectivity index (χ1) is 14.0. The third kappa shape index (κ3) is 4.03. The Bertz CT molecular complexity index is 1150. The lowest BCUT2D eigenvalue weighted by atomic mass is 10.1. The molecule has 1 N–H and O–H groups in total. The highest BCUT2D eigenvalue weighted by Gasteiger charge is 2.24. The van der Waals surface area contributed by atoms with Crippen molar-refractivity contribution >= 4 is 40.4 Å². The van der Waals surface area contributed by atoms with Crippen molar-refractivity contribution < 1.29 is 9.32 Å². The lowest BCUT2D eigenvalue weighted by Crippen LogP contribution is -2.23. The normalized spacial score (nSPS) is 10.9. The van der Waals surface area contributed by atoms with E-state index in [4.69, 9.17) is 27.7 Å². The Kier molecular flexibility index (Phi) is 5.62. The Morgan fingerprint density at radius 3 is 2.62 bits per heavy atom. The van der Waals surface area contributed by atoms with Crippen LogP contribution in [0.5, 0.6) is 0 Å². The van der Waals surface area contributed by atoms with Crippen LogP contribution >= 0.6 is 34.5 Å². The molecule has 0 atom stereocenters. The second kappa shape index (κ2) is 8.32. The number of thiazole rings is 1. The van der Waals surface area contributed by atoms with Gasteiger partial charge in [0, 0.05) is 28.9 Å². The molecule has 3 aromatic heterocycles. The molecule has 4 aromatic rings. The second-order valence-corrected chi connectivity index (χ2v) is 7.86. The maximum absolute atomic E-state index is 12.9. The number of carbonyl (C=O) groups is 1. The number of benzene rings is 1. The Balaban J connectivity index is 1.55. The summed E-state index contributed by atoms with van der Waals surface area (Å²) in [5, 5.41) is 10.4. The fourth-order valence-electron chi connectivity index (χ4n) is 2.83. The molecule has 0 saturated heterocycles. The topological polar surface area (TPSA) is 80.9 Å². The van der Waals surface area contributed by atoms with Gasteiger partial charge < -0.3 is 9.84 Å². The fraction of sp³-hybridized carbons (Fsp3) is 0.100. The number of aryl methyl sites for hydroxylation is 1. The molecular formula is C20H14Cl2N4O2S. The van der Waals surface area contributed by atoms with Crippen molar-refractivity contribution in [2.75, 3.05) is 0 Å². The monoisotopic (exact) mass is 444 g/mol. The van der Waals surface area contributed by atoms with E-state index in [-0.39, 0.29) is 12.5 Å². The lowest BCUT2D eigenvalue weighted by molar-refractivity contribution is 0.0950. The molecule has 9 heteroatoms. The quantitative estimate of drug-likeness (QED) is 0.445. The molecular weight excluding hydrogens is 431 g/mol. The summed E-state index contributed by atoms with van der Waals surface area (Å²) in [5.41, 5.74) is 2.89. The summed E-state index contributed by atoms with van der Waals surface area (Å²) >= 11 is 14.0. The van der Waals surface area contributed by atoms with Gasteiger partial charge in [0.15, 0.2) is 0 Å². The molecule has 6 nitrogen and oxygen atoms in total. The number of carbonyl (C=O) groups excluding carboxylic acids is 1. The van der Waals surface area contributed by atoms with E-state index in [0.717, 1.165) is 16.3 Å². The van der Waals surface area contributed by atoms with Crippen molar-refractivity contribution in [2.24, 2.45) is 0 Å². The fourth-order valence-corrected chi connectivity index (χ4v) is 4.15. The lowest BCUT2D eigenvalue weighted by Gasteiger charge is -2.07. The van der Waals surface area contributed by atoms with E-state index in [1.54, 1.807) is 37.5 Å². The van der Waals surface area contributed by atoms with Crippen LogP contribution < -0.4 is 5.32 Å². The summed E-state index contributed by atoms with van der Waals surface area (Å²) in [4.78, 5) is 21.4. The summed E-state index contributed by atoms with van der Waals surface area (Å²) in [6.45, 7) is 1.94. The molecule has 1 aromatic carbocycles. The smallest absolute Gasteiger partial charge is 0.257 e. The molecule has 3 heterocycles. The number of rotatable bonds is 5. The highest BCUT2D eigenvalue weighted by Crippen LogP contribution is 2.36. The Morgan fingerprint density at radius 1 is 1.17 bits per heavy atom. The van der Waals surface area contributed by atoms with Crippen molar-refractivity contribution in [3.8, 4) is 22.5 Å². The Labute approximate surface area is 180 Å². The number of pyridine rings is 1. The number of halogens is 2. The average molecular weight is 445 g/mol. The van der Waals surface area contributed by atoms with Crippen LogP contribution in [0.2, 0.25) is 10.0 Å². The minimum Gasteiger partial charge on any atom is -0.360 e. The molecule has 146 valence electrons. The van der Waals surface area contributed by atoms with Crippen LogP contribution in [0.4, 0.5) is 0 Å². The van der Waals surface area contributed by atoms with Gasteiger partial charge in [0.1, 0.15) is 22.0 Å². The summed E-state index contributed by atoms with van der Waals surface area (Å²) < 4.78 is 5.25. The maximum atomic E-state index is 12.9. The van der Waals surface area contributed by atoms with Gasteiger partial charge in [-0.15, -0.1) is 11.3 Å². The van der Waals surface area contributed by atoms with Gasteiger partial charge in [-0.25, -0.2) is 4.98 Å². The molecule has 4 rings (SSSR count). The zero-order chi connectivity index (χ0) is 20.4. The van der Waals surface area contributed by atoms with Gasteiger partial charge in [0.05, 0.1) is 22.3 Å². The van der Waals surface area contributed by atoms with Crippen LogP contribution in [0.3, 0.4) is 0 Å². The van der Waals surface area contributed by atoms with Crippen LogP contribution in [0.15, 0.2) is 52.6 Å². The van der Waals surface area contributed by atoms with Gasteiger partial charge in [0.25, 0.3) is 5.91 Å². The van der Waals surface area contributed by atoms with Gasteiger partial charge in [-0.3, -0.25) is 9.78 Å². The summed E-state index contributed by atoms with van der Waals surface area (Å²) in [5.74, 6) is 0.0421. The van der Waals surface area contributed by atoms with E-state index >= 15 is 0 Å². The SMILES string of the molecule is Cc1onc(-c2c(Cl)cccc2Cl)c1C(=O)NCc1nc(-c2ccncc2)cs1. The van der Waals surface area contributed by atoms with Crippen molar-refractivity contribution in [3.05, 3.63) is 74.5 Å². The zero-order valence-electron chi connectivity index (χ0n) is 15.1. The third-order valence-corrected chi connectivity index (χ3v) is 5.70. The number of aromatic nitrogens is 3. The molecule has 0 unspecified atom stereocenters. The number of nitrogens with zero attached hydrogens (tertiary/aromatic N) is 3. The highest BCUT2D eigenvalue weighted by atomic mass is 35.5. The molecule has 0 radical (unpaired) electrons. The minimum atomic E-state index is -0.338. The average Bonchev–Trinajstić information content (AvgIpc) is 3.34. The predicted octanol–water partition coefficient (Wildman–Crippen LogP) is 5.41. The molecule has 29 heavy (non-hydrogen) atoms. The standard InChI is InChI=1S/C20H14Cl2N4O2S/c1-11-17(19(26-28-11)18-13(21)3-2-4-14(18)22)20(27)24-9-16-25-15(10-29-16)12-5-7-23-8-6-12/h2-8,10H,9H2,1H3,(H,24,27). The minimum absolute atomic E-state index is 0.273. The third-order valence-electron chi connectivity index (χ3n) is 4.22. The van der Waals surface area contributed by atoms with Crippen LogP contribution in [0, 0.1) is 6.92 Å². The van der Waals surface area contributed by atoms with Gasteiger partial charge in [-0.2, -0.15) is 0 Å². The summed E-state index contributed by atoms with van der Waals surface area (Å²) in [7, 11) is 0. The number of amides is 1. The van der Waals surface area contributed by atoms with E-state index in [1.807, 2.05) is 17.5 Å². The number of nitrogens with one attached hydrogen (secondary N) is 1. The van der Waals surface area contributed by atoms with Gasteiger partial charge in [0.2, 0.25) is 0 Å². The van der Waals surface area contributed by atoms with Gasteiger partial charge in [-0.1, -0.05) is 34.4 Å². The van der Waals surface area contributed by atoms with Crippen LogP contribution in [-0.4, -0.2) is 21.0 Å². The largest absolute Gasteiger partial charge is 0.360 e. The van der Waals surface area contributed by atoms with Crippen molar-refractivity contribution in [1.82, 2.24) is 20.4 Å². The van der Waals surface area contributed by atoms with E-state index < -0.39 is 0 Å². The molecule has 0 bridgehead atoms. The predicted molar refractivity (Wildman–Crippen MR) is 113 cm³/mol. The summed E-state index contributed by atoms with van der Waals surface area (Å²) in [6, 6.07) is 8.87. The first-order valence-corrected chi connectivity index (χ1v) is 10.2. The molecule has 0 saturated carbocycles. The number of hydrogen-bond acceptors (Lipinski definition) is 6. The van der Waals surface area contributed by atoms with E-state index in [1.165, 1.54) is 11.3 Å². The van der Waals surface area contributed by atoms with E-state index in [2.05, 4.69) is 20.4 Å². The van der Waals surface area contributed by atoms with E-state index in [9.17, 15) is 4.79 Å². The Hall–Kier alpha value is -2.74. The second-order valence-electron chi connectivity index (χ2n) is 6.10. The maximum Gasteiger partial charge on any atom is 0.257 e. The van der Waals surface area contributed by atoms with Gasteiger partial charge in [-0.05, 0) is 31.2 Å². The van der Waals surface area contributed by atoms with Crippen LogP contribution in [0.1, 0.15) is 21.1 Å². The number of hydrogen-bond donors (Lipinski definition) is 1. The molecule has 1 amide bonds. The molecule has 0 aliphatic carbocycles. The Morgan fingerprint density at radius 2 is 1.90 bits per heavy atom. The zero-order valence-corrected chi connectivity index (χ0v) is 17.5.